The second kappa shape index (κ2) is 5.76. The van der Waals surface area contributed by atoms with E-state index in [0.717, 1.165) is 36.5 Å². The van der Waals surface area contributed by atoms with Crippen LogP contribution in [0.25, 0.3) is 0 Å². The van der Waals surface area contributed by atoms with E-state index in [2.05, 4.69) is 10.6 Å². The largest absolute Gasteiger partial charge is 0.494 e. The second-order valence-corrected chi connectivity index (χ2v) is 4.33. The number of nitrogens with one attached hydrogen (secondary N) is 2. The van der Waals surface area contributed by atoms with Crippen molar-refractivity contribution in [3.63, 3.8) is 0 Å². The summed E-state index contributed by atoms with van der Waals surface area (Å²) in [6.07, 6.45) is 2.58. The van der Waals surface area contributed by atoms with Gasteiger partial charge in [0, 0.05) is 18.5 Å². The molecule has 0 saturated heterocycles. The molecule has 0 spiro atoms. The van der Waals surface area contributed by atoms with Crippen LogP contribution in [0.3, 0.4) is 0 Å². The summed E-state index contributed by atoms with van der Waals surface area (Å²) in [6, 6.07) is 3.86. The zero-order valence-corrected chi connectivity index (χ0v) is 11.0. The van der Waals surface area contributed by atoms with E-state index in [1.165, 1.54) is 5.56 Å². The van der Waals surface area contributed by atoms with E-state index in [4.69, 9.17) is 4.74 Å². The zero-order chi connectivity index (χ0) is 13.0. The van der Waals surface area contributed by atoms with Crippen molar-refractivity contribution in [3.8, 4) is 5.75 Å². The molecule has 0 unspecified atom stereocenters. The lowest BCUT2D eigenvalue weighted by atomic mass is 10.0. The highest BCUT2D eigenvalue weighted by Crippen LogP contribution is 2.37. The first kappa shape index (κ1) is 12.7. The number of carbonyl (C=O) groups is 1. The maximum Gasteiger partial charge on any atom is 0.224 e. The molecule has 2 N–H and O–H groups in total. The average molecular weight is 248 g/mol. The predicted molar refractivity (Wildman–Crippen MR) is 73.3 cm³/mol. The van der Waals surface area contributed by atoms with E-state index >= 15 is 0 Å². The van der Waals surface area contributed by atoms with Crippen molar-refractivity contribution in [2.45, 2.75) is 33.1 Å². The third-order valence-electron chi connectivity index (χ3n) is 3.07. The van der Waals surface area contributed by atoms with Crippen LogP contribution >= 0.6 is 0 Å². The van der Waals surface area contributed by atoms with Gasteiger partial charge in [0.05, 0.1) is 18.0 Å². The Morgan fingerprint density at radius 1 is 1.44 bits per heavy atom. The topological polar surface area (TPSA) is 50.4 Å². The predicted octanol–water partition coefficient (Wildman–Crippen LogP) is 2.79. The third-order valence-corrected chi connectivity index (χ3v) is 3.07. The highest BCUT2D eigenvalue weighted by molar-refractivity contribution is 5.95. The molecular formula is C14H20N2O2. The van der Waals surface area contributed by atoms with Crippen molar-refractivity contribution in [1.82, 2.24) is 0 Å². The highest BCUT2D eigenvalue weighted by atomic mass is 16.5. The summed E-state index contributed by atoms with van der Waals surface area (Å²) >= 11 is 0. The minimum absolute atomic E-state index is 0.0359. The van der Waals surface area contributed by atoms with Crippen LogP contribution in [0, 0.1) is 0 Å². The molecule has 0 aliphatic carbocycles. The van der Waals surface area contributed by atoms with Crippen LogP contribution in [0.4, 0.5) is 11.4 Å². The number of ether oxygens (including phenoxy) is 1. The number of fused-ring (bicyclic) bond motifs is 1. The van der Waals surface area contributed by atoms with Crippen LogP contribution in [-0.2, 0) is 11.2 Å². The Bertz CT molecular complexity index is 444. The molecule has 4 nitrogen and oxygen atoms in total. The molecule has 0 atom stereocenters. The van der Waals surface area contributed by atoms with Gasteiger partial charge in [0.2, 0.25) is 5.91 Å². The van der Waals surface area contributed by atoms with Crippen molar-refractivity contribution in [3.05, 3.63) is 17.7 Å². The fourth-order valence-electron chi connectivity index (χ4n) is 2.19. The Labute approximate surface area is 108 Å². The molecule has 1 aromatic carbocycles. The molecule has 4 heteroatoms. The molecule has 1 heterocycles. The summed E-state index contributed by atoms with van der Waals surface area (Å²) in [5.41, 5.74) is 3.06. The van der Waals surface area contributed by atoms with Gasteiger partial charge in [-0.25, -0.2) is 0 Å². The monoisotopic (exact) mass is 248 g/mol. The van der Waals surface area contributed by atoms with Gasteiger partial charge in [-0.2, -0.15) is 0 Å². The van der Waals surface area contributed by atoms with Crippen molar-refractivity contribution in [2.75, 3.05) is 23.8 Å². The fraction of sp³-hybridized carbons (Fsp3) is 0.500. The molecule has 1 amide bonds. The number of anilines is 2. The van der Waals surface area contributed by atoms with Crippen LogP contribution in [0.15, 0.2) is 12.1 Å². The number of amides is 1. The summed E-state index contributed by atoms with van der Waals surface area (Å²) < 4.78 is 5.64. The maximum atomic E-state index is 11.5. The normalized spacial score (nSPS) is 13.4. The van der Waals surface area contributed by atoms with E-state index in [-0.39, 0.29) is 5.91 Å². The van der Waals surface area contributed by atoms with Gasteiger partial charge < -0.3 is 15.4 Å². The van der Waals surface area contributed by atoms with Gasteiger partial charge in [0.1, 0.15) is 5.75 Å². The van der Waals surface area contributed by atoms with E-state index < -0.39 is 0 Å². The number of carbonyl (C=O) groups excluding carboxylic acids is 1. The van der Waals surface area contributed by atoms with E-state index in [1.54, 1.807) is 0 Å². The number of hydrogen-bond donors (Lipinski definition) is 2. The van der Waals surface area contributed by atoms with Gasteiger partial charge >= 0.3 is 0 Å². The standard InChI is InChI=1S/C14H20N2O2/c1-3-13(17)16-11-7-8-12(18-4-2)10-6-5-9-15-14(10)11/h7-8,15H,3-6,9H2,1-2H3,(H,16,17). The summed E-state index contributed by atoms with van der Waals surface area (Å²) in [4.78, 5) is 11.5. The molecule has 1 aliphatic rings. The van der Waals surface area contributed by atoms with Crippen molar-refractivity contribution < 1.29 is 9.53 Å². The zero-order valence-electron chi connectivity index (χ0n) is 11.0. The summed E-state index contributed by atoms with van der Waals surface area (Å²) in [5.74, 6) is 0.961. The van der Waals surface area contributed by atoms with Crippen LogP contribution in [0.2, 0.25) is 0 Å². The molecule has 0 aromatic heterocycles. The SMILES string of the molecule is CCOc1ccc(NC(=O)CC)c2c1CCCN2. The minimum atomic E-state index is 0.0359. The first-order valence-corrected chi connectivity index (χ1v) is 6.58. The molecule has 2 rings (SSSR count). The fourth-order valence-corrected chi connectivity index (χ4v) is 2.19. The van der Waals surface area contributed by atoms with Gasteiger partial charge in [0.15, 0.2) is 0 Å². The Balaban J connectivity index is 2.34. The molecular weight excluding hydrogens is 228 g/mol. The molecule has 0 fully saturated rings. The van der Waals surface area contributed by atoms with Crippen LogP contribution in [-0.4, -0.2) is 19.1 Å². The van der Waals surface area contributed by atoms with Gasteiger partial charge in [-0.3, -0.25) is 4.79 Å². The van der Waals surface area contributed by atoms with Crippen molar-refractivity contribution in [1.29, 1.82) is 0 Å². The molecule has 0 radical (unpaired) electrons. The molecule has 1 aromatic rings. The smallest absolute Gasteiger partial charge is 0.224 e. The van der Waals surface area contributed by atoms with E-state index in [9.17, 15) is 4.79 Å². The Morgan fingerprint density at radius 3 is 3.00 bits per heavy atom. The number of benzene rings is 1. The number of rotatable bonds is 4. The van der Waals surface area contributed by atoms with Gasteiger partial charge in [-0.15, -0.1) is 0 Å². The number of hydrogen-bond acceptors (Lipinski definition) is 3. The summed E-state index contributed by atoms with van der Waals surface area (Å²) in [7, 11) is 0. The lowest BCUT2D eigenvalue weighted by Crippen LogP contribution is -2.18. The molecule has 98 valence electrons. The Hall–Kier alpha value is -1.71. The molecule has 18 heavy (non-hydrogen) atoms. The average Bonchev–Trinajstić information content (AvgIpc) is 2.41. The second-order valence-electron chi connectivity index (χ2n) is 4.33. The van der Waals surface area contributed by atoms with E-state index in [0.29, 0.717) is 13.0 Å². The first-order valence-electron chi connectivity index (χ1n) is 6.58. The van der Waals surface area contributed by atoms with Crippen LogP contribution in [0.1, 0.15) is 32.3 Å². The highest BCUT2D eigenvalue weighted by Gasteiger charge is 2.18. The third kappa shape index (κ3) is 2.58. The maximum absolute atomic E-state index is 11.5. The first-order chi connectivity index (χ1) is 8.76. The van der Waals surface area contributed by atoms with Gasteiger partial charge in [-0.1, -0.05) is 6.92 Å². The lowest BCUT2D eigenvalue weighted by molar-refractivity contribution is -0.115. The summed E-state index contributed by atoms with van der Waals surface area (Å²) in [6.45, 7) is 5.43. The van der Waals surface area contributed by atoms with Crippen LogP contribution < -0.4 is 15.4 Å². The van der Waals surface area contributed by atoms with Crippen molar-refractivity contribution >= 4 is 17.3 Å². The van der Waals surface area contributed by atoms with Gasteiger partial charge in [-0.05, 0) is 31.9 Å². The quantitative estimate of drug-likeness (QED) is 0.861. The van der Waals surface area contributed by atoms with Gasteiger partial charge in [0.25, 0.3) is 0 Å². The van der Waals surface area contributed by atoms with Crippen LogP contribution in [0.5, 0.6) is 5.75 Å². The van der Waals surface area contributed by atoms with Crippen molar-refractivity contribution in [2.24, 2.45) is 0 Å². The minimum Gasteiger partial charge on any atom is -0.494 e. The lowest BCUT2D eigenvalue weighted by Gasteiger charge is -2.24. The summed E-state index contributed by atoms with van der Waals surface area (Å²) in [5, 5.41) is 6.30. The molecule has 0 bridgehead atoms. The Kier molecular flexibility index (Phi) is 4.07. The molecule has 1 aliphatic heterocycles. The molecule has 0 saturated carbocycles. The Morgan fingerprint density at radius 2 is 2.28 bits per heavy atom. The van der Waals surface area contributed by atoms with E-state index in [1.807, 2.05) is 26.0 Å².